The van der Waals surface area contributed by atoms with Crippen molar-refractivity contribution in [3.8, 4) is 0 Å². The molecule has 0 N–H and O–H groups in total. The number of carbonyl (C=O) groups is 1. The van der Waals surface area contributed by atoms with Crippen molar-refractivity contribution in [2.75, 3.05) is 5.75 Å². The predicted octanol–water partition coefficient (Wildman–Crippen LogP) is 3.73. The summed E-state index contributed by atoms with van der Waals surface area (Å²) in [6.07, 6.45) is 2.16. The second-order valence-electron chi connectivity index (χ2n) is 3.88. The van der Waals surface area contributed by atoms with E-state index in [1.165, 1.54) is 0 Å². The van der Waals surface area contributed by atoms with E-state index in [0.29, 0.717) is 5.02 Å². The number of aryl methyl sites for hydroxylation is 1. The van der Waals surface area contributed by atoms with Crippen molar-refractivity contribution in [2.45, 2.75) is 25.0 Å². The molecule has 1 unspecified atom stereocenters. The summed E-state index contributed by atoms with van der Waals surface area (Å²) in [7, 11) is 0. The lowest BCUT2D eigenvalue weighted by atomic mass is 10.0. The molecule has 1 saturated heterocycles. The number of benzene rings is 1. The third kappa shape index (κ3) is 2.56. The van der Waals surface area contributed by atoms with Crippen LogP contribution in [0.3, 0.4) is 0 Å². The molecule has 1 fully saturated rings. The van der Waals surface area contributed by atoms with Crippen LogP contribution in [0, 0.1) is 6.92 Å². The van der Waals surface area contributed by atoms with Crippen molar-refractivity contribution in [1.82, 2.24) is 0 Å². The molecule has 0 amide bonds. The van der Waals surface area contributed by atoms with Gasteiger partial charge in [0.05, 0.1) is 5.25 Å². The average Bonchev–Trinajstić information content (AvgIpc) is 2.67. The Morgan fingerprint density at radius 2 is 2.27 bits per heavy atom. The van der Waals surface area contributed by atoms with Crippen LogP contribution in [0.2, 0.25) is 5.02 Å². The van der Waals surface area contributed by atoms with Crippen LogP contribution in [0.1, 0.15) is 28.8 Å². The smallest absolute Gasteiger partial charge is 0.175 e. The highest BCUT2D eigenvalue weighted by Gasteiger charge is 2.24. The summed E-state index contributed by atoms with van der Waals surface area (Å²) < 4.78 is 0. The van der Waals surface area contributed by atoms with Gasteiger partial charge >= 0.3 is 0 Å². The van der Waals surface area contributed by atoms with Crippen LogP contribution in [0.25, 0.3) is 0 Å². The molecule has 0 aromatic heterocycles. The van der Waals surface area contributed by atoms with E-state index in [4.69, 9.17) is 11.6 Å². The molecule has 0 radical (unpaired) electrons. The van der Waals surface area contributed by atoms with Crippen molar-refractivity contribution in [3.63, 3.8) is 0 Å². The number of hydrogen-bond donors (Lipinski definition) is 0. The minimum Gasteiger partial charge on any atom is -0.293 e. The zero-order valence-corrected chi connectivity index (χ0v) is 10.2. The fourth-order valence-electron chi connectivity index (χ4n) is 1.85. The number of ketones is 1. The van der Waals surface area contributed by atoms with E-state index in [2.05, 4.69) is 0 Å². The lowest BCUT2D eigenvalue weighted by molar-refractivity contribution is 0.0988. The molecule has 80 valence electrons. The number of halogens is 1. The number of thioether (sulfide) groups is 1. The number of Topliss-reactive ketones (excluding diaryl/α,β-unsaturated/α-hetero) is 1. The van der Waals surface area contributed by atoms with Crippen molar-refractivity contribution < 1.29 is 4.79 Å². The van der Waals surface area contributed by atoms with Crippen LogP contribution in [0.5, 0.6) is 0 Å². The first-order valence-corrected chi connectivity index (χ1v) is 6.52. The lowest BCUT2D eigenvalue weighted by Crippen LogP contribution is -2.14. The van der Waals surface area contributed by atoms with Gasteiger partial charge in [-0.15, -0.1) is 0 Å². The Balaban J connectivity index is 2.24. The Hall–Kier alpha value is -0.470. The Labute approximate surface area is 99.2 Å². The van der Waals surface area contributed by atoms with E-state index in [1.807, 2.05) is 19.1 Å². The van der Waals surface area contributed by atoms with Gasteiger partial charge in [-0.1, -0.05) is 11.6 Å². The maximum Gasteiger partial charge on any atom is 0.175 e. The molecule has 2 rings (SSSR count). The predicted molar refractivity (Wildman–Crippen MR) is 66.0 cm³/mol. The highest BCUT2D eigenvalue weighted by Crippen LogP contribution is 2.29. The summed E-state index contributed by atoms with van der Waals surface area (Å²) in [6.45, 7) is 1.96. The molecule has 1 aromatic rings. The Bertz CT molecular complexity index is 363. The zero-order chi connectivity index (χ0) is 10.8. The van der Waals surface area contributed by atoms with Gasteiger partial charge in [0.2, 0.25) is 0 Å². The van der Waals surface area contributed by atoms with Gasteiger partial charge in [-0.25, -0.2) is 0 Å². The van der Waals surface area contributed by atoms with Gasteiger partial charge in [-0.05, 0) is 49.3 Å². The van der Waals surface area contributed by atoms with E-state index in [9.17, 15) is 4.79 Å². The first-order chi connectivity index (χ1) is 7.16. The van der Waals surface area contributed by atoms with Gasteiger partial charge in [0.1, 0.15) is 0 Å². The topological polar surface area (TPSA) is 17.1 Å². The fourth-order valence-corrected chi connectivity index (χ4v) is 3.38. The Kier molecular flexibility index (Phi) is 3.37. The van der Waals surface area contributed by atoms with E-state index in [0.717, 1.165) is 29.7 Å². The molecule has 3 heteroatoms. The van der Waals surface area contributed by atoms with Crippen LogP contribution >= 0.6 is 23.4 Å². The maximum absolute atomic E-state index is 12.1. The number of rotatable bonds is 2. The average molecular weight is 241 g/mol. The van der Waals surface area contributed by atoms with Crippen molar-refractivity contribution in [1.29, 1.82) is 0 Å². The molecule has 0 aliphatic carbocycles. The summed E-state index contributed by atoms with van der Waals surface area (Å²) in [6, 6.07) is 5.57. The van der Waals surface area contributed by atoms with Crippen molar-refractivity contribution in [2.24, 2.45) is 0 Å². The second-order valence-corrected chi connectivity index (χ2v) is 5.63. The van der Waals surface area contributed by atoms with E-state index >= 15 is 0 Å². The molecule has 1 atom stereocenters. The Morgan fingerprint density at radius 1 is 1.47 bits per heavy atom. The molecular formula is C12H13ClOS. The van der Waals surface area contributed by atoms with Gasteiger partial charge < -0.3 is 0 Å². The molecule has 0 saturated carbocycles. The summed E-state index contributed by atoms with van der Waals surface area (Å²) in [5, 5.41) is 0.809. The van der Waals surface area contributed by atoms with E-state index in [1.54, 1.807) is 17.8 Å². The standard InChI is InChI=1S/C12H13ClOS/c1-8-5-9(7-10(13)6-8)12(14)11-3-2-4-15-11/h5-7,11H,2-4H2,1H3. The number of carbonyl (C=O) groups excluding carboxylic acids is 1. The monoisotopic (exact) mass is 240 g/mol. The molecule has 15 heavy (non-hydrogen) atoms. The SMILES string of the molecule is Cc1cc(Cl)cc(C(=O)C2CCCS2)c1. The molecular weight excluding hydrogens is 228 g/mol. The van der Waals surface area contributed by atoms with Crippen LogP contribution in [0.15, 0.2) is 18.2 Å². The molecule has 0 spiro atoms. The summed E-state index contributed by atoms with van der Waals surface area (Å²) in [5.41, 5.74) is 1.81. The highest BCUT2D eigenvalue weighted by atomic mass is 35.5. The van der Waals surface area contributed by atoms with Gasteiger partial charge in [-0.3, -0.25) is 4.79 Å². The zero-order valence-electron chi connectivity index (χ0n) is 8.63. The quantitative estimate of drug-likeness (QED) is 0.733. The van der Waals surface area contributed by atoms with Gasteiger partial charge in [0, 0.05) is 10.6 Å². The largest absolute Gasteiger partial charge is 0.293 e. The summed E-state index contributed by atoms with van der Waals surface area (Å²) >= 11 is 7.71. The van der Waals surface area contributed by atoms with Gasteiger partial charge in [-0.2, -0.15) is 11.8 Å². The molecule has 1 aromatic carbocycles. The van der Waals surface area contributed by atoms with Crippen LogP contribution < -0.4 is 0 Å². The van der Waals surface area contributed by atoms with Gasteiger partial charge in [0.25, 0.3) is 0 Å². The Morgan fingerprint density at radius 3 is 2.87 bits per heavy atom. The summed E-state index contributed by atoms with van der Waals surface area (Å²) in [4.78, 5) is 12.1. The van der Waals surface area contributed by atoms with Crippen LogP contribution in [0.4, 0.5) is 0 Å². The normalized spacial score (nSPS) is 20.5. The van der Waals surface area contributed by atoms with Crippen molar-refractivity contribution in [3.05, 3.63) is 34.3 Å². The third-order valence-corrected chi connectivity index (χ3v) is 4.14. The van der Waals surface area contributed by atoms with Crippen LogP contribution in [-0.2, 0) is 0 Å². The van der Waals surface area contributed by atoms with Gasteiger partial charge in [0.15, 0.2) is 5.78 Å². The second kappa shape index (κ2) is 4.58. The first-order valence-electron chi connectivity index (χ1n) is 5.10. The fraction of sp³-hybridized carbons (Fsp3) is 0.417. The van der Waals surface area contributed by atoms with Crippen molar-refractivity contribution >= 4 is 29.1 Å². The molecule has 1 aliphatic rings. The molecule has 1 aliphatic heterocycles. The minimum absolute atomic E-state index is 0.155. The minimum atomic E-state index is 0.155. The molecule has 1 nitrogen and oxygen atoms in total. The highest BCUT2D eigenvalue weighted by molar-refractivity contribution is 8.00. The van der Waals surface area contributed by atoms with Crippen LogP contribution in [-0.4, -0.2) is 16.8 Å². The summed E-state index contributed by atoms with van der Waals surface area (Å²) in [5.74, 6) is 1.35. The number of hydrogen-bond acceptors (Lipinski definition) is 2. The molecule has 1 heterocycles. The van der Waals surface area contributed by atoms with E-state index in [-0.39, 0.29) is 11.0 Å². The molecule has 0 bridgehead atoms. The maximum atomic E-state index is 12.1. The van der Waals surface area contributed by atoms with E-state index < -0.39 is 0 Å². The lowest BCUT2D eigenvalue weighted by Gasteiger charge is -2.08. The third-order valence-electron chi connectivity index (χ3n) is 2.55. The first kappa shape index (κ1) is 11.0.